The van der Waals surface area contributed by atoms with Gasteiger partial charge < -0.3 is 10.5 Å². The molecule has 2 rings (SSSR count). The van der Waals surface area contributed by atoms with E-state index in [0.717, 1.165) is 19.5 Å². The Morgan fingerprint density at radius 1 is 1.26 bits per heavy atom. The van der Waals surface area contributed by atoms with E-state index < -0.39 is 5.60 Å². The molecule has 0 aliphatic carbocycles. The molecule has 23 heavy (non-hydrogen) atoms. The van der Waals surface area contributed by atoms with Gasteiger partial charge in [0.2, 0.25) is 0 Å². The first-order valence-corrected chi connectivity index (χ1v) is 8.41. The lowest BCUT2D eigenvalue weighted by atomic mass is 9.87. The normalized spacial score (nSPS) is 22.9. The molecule has 2 N–H and O–H groups in total. The maximum absolute atomic E-state index is 12.1. The minimum absolute atomic E-state index is 0.0952. The van der Waals surface area contributed by atoms with Crippen molar-refractivity contribution in [2.75, 3.05) is 19.6 Å². The van der Waals surface area contributed by atoms with Crippen LogP contribution in [0.2, 0.25) is 0 Å². The Labute approximate surface area is 140 Å². The van der Waals surface area contributed by atoms with Crippen LogP contribution >= 0.6 is 0 Å². The van der Waals surface area contributed by atoms with Crippen molar-refractivity contribution in [3.05, 3.63) is 34.9 Å². The Morgan fingerprint density at radius 3 is 2.57 bits per heavy atom. The summed E-state index contributed by atoms with van der Waals surface area (Å²) in [7, 11) is 0. The van der Waals surface area contributed by atoms with E-state index in [1.54, 1.807) is 0 Å². The molecule has 0 aromatic heterocycles. The smallest absolute Gasteiger partial charge is 0.320 e. The van der Waals surface area contributed by atoms with E-state index in [2.05, 4.69) is 36.9 Å². The summed E-state index contributed by atoms with van der Waals surface area (Å²) in [6.07, 6.45) is 0.966. The number of esters is 1. The van der Waals surface area contributed by atoms with Crippen molar-refractivity contribution in [3.63, 3.8) is 0 Å². The number of hydrogen-bond donors (Lipinski definition) is 1. The van der Waals surface area contributed by atoms with Gasteiger partial charge in [0.25, 0.3) is 0 Å². The number of nitrogens with zero attached hydrogens (tertiary/aromatic N) is 1. The number of hydrogen-bond acceptors (Lipinski definition) is 4. The molecule has 128 valence electrons. The highest BCUT2D eigenvalue weighted by Crippen LogP contribution is 2.28. The molecular formula is C19H30N2O2. The predicted molar refractivity (Wildman–Crippen MR) is 93.5 cm³/mol. The average Bonchev–Trinajstić information content (AvgIpc) is 2.38. The Kier molecular flexibility index (Phi) is 5.48. The topological polar surface area (TPSA) is 55.6 Å². The van der Waals surface area contributed by atoms with Crippen molar-refractivity contribution >= 4 is 5.97 Å². The number of ether oxygens (including phenoxy) is 1. The number of carbonyl (C=O) groups excluding carboxylic acids is 1. The zero-order valence-electron chi connectivity index (χ0n) is 15.1. The maximum atomic E-state index is 12.1. The number of likely N-dealkylation sites (tertiary alicyclic amines) is 1. The summed E-state index contributed by atoms with van der Waals surface area (Å²) in [5.74, 6) is 0.200. The maximum Gasteiger partial charge on any atom is 0.320 e. The summed E-state index contributed by atoms with van der Waals surface area (Å²) in [5, 5.41) is 0. The largest absolute Gasteiger partial charge is 0.459 e. The van der Waals surface area contributed by atoms with Gasteiger partial charge in [-0.15, -0.1) is 0 Å². The molecule has 1 aromatic rings. The second kappa shape index (κ2) is 7.02. The van der Waals surface area contributed by atoms with E-state index in [4.69, 9.17) is 10.5 Å². The average molecular weight is 318 g/mol. The van der Waals surface area contributed by atoms with Gasteiger partial charge in [-0.2, -0.15) is 0 Å². The molecule has 0 bridgehead atoms. The molecule has 1 saturated heterocycles. The number of carbonyl (C=O) groups is 1. The van der Waals surface area contributed by atoms with E-state index in [-0.39, 0.29) is 12.0 Å². The summed E-state index contributed by atoms with van der Waals surface area (Å²) < 4.78 is 5.43. The van der Waals surface area contributed by atoms with Gasteiger partial charge in [0, 0.05) is 19.1 Å². The van der Waals surface area contributed by atoms with E-state index >= 15 is 0 Å². The van der Waals surface area contributed by atoms with Gasteiger partial charge in [0.05, 0.1) is 6.54 Å². The number of benzene rings is 1. The third-order valence-electron chi connectivity index (χ3n) is 4.33. The molecule has 0 saturated carbocycles. The summed E-state index contributed by atoms with van der Waals surface area (Å²) in [4.78, 5) is 14.2. The fourth-order valence-corrected chi connectivity index (χ4v) is 3.18. The van der Waals surface area contributed by atoms with Crippen LogP contribution in [0, 0.1) is 13.8 Å². The first-order valence-electron chi connectivity index (χ1n) is 8.41. The van der Waals surface area contributed by atoms with Crippen LogP contribution in [0.25, 0.3) is 0 Å². The molecule has 0 amide bonds. The fraction of sp³-hybridized carbons (Fsp3) is 0.632. The standard InChI is InChI=1S/C19H30N2O2/c1-13-6-7-15(8-14(13)2)16-9-17(20)11-21(10-16)12-18(22)23-19(3,4)5/h6-8,16-17H,9-12,20H2,1-5H3. The number of rotatable bonds is 3. The van der Waals surface area contributed by atoms with Crippen LogP contribution in [-0.2, 0) is 9.53 Å². The lowest BCUT2D eigenvalue weighted by Gasteiger charge is -2.36. The Hall–Kier alpha value is -1.39. The quantitative estimate of drug-likeness (QED) is 0.871. The number of aryl methyl sites for hydroxylation is 2. The third kappa shape index (κ3) is 5.33. The summed E-state index contributed by atoms with van der Waals surface area (Å²) in [6, 6.07) is 6.71. The van der Waals surface area contributed by atoms with Crippen molar-refractivity contribution in [1.82, 2.24) is 4.90 Å². The van der Waals surface area contributed by atoms with Crippen LogP contribution in [-0.4, -0.2) is 42.1 Å². The molecular weight excluding hydrogens is 288 g/mol. The molecule has 4 heteroatoms. The number of piperidine rings is 1. The van der Waals surface area contributed by atoms with Gasteiger partial charge in [-0.3, -0.25) is 9.69 Å². The van der Waals surface area contributed by atoms with Gasteiger partial charge in [0.15, 0.2) is 0 Å². The Balaban J connectivity index is 2.04. The van der Waals surface area contributed by atoms with Gasteiger partial charge in [-0.1, -0.05) is 18.2 Å². The molecule has 0 radical (unpaired) electrons. The highest BCUT2D eigenvalue weighted by Gasteiger charge is 2.28. The zero-order valence-corrected chi connectivity index (χ0v) is 15.1. The van der Waals surface area contributed by atoms with Gasteiger partial charge in [-0.25, -0.2) is 0 Å². The van der Waals surface area contributed by atoms with Crippen molar-refractivity contribution in [2.24, 2.45) is 5.73 Å². The van der Waals surface area contributed by atoms with Crippen LogP contribution in [0.15, 0.2) is 18.2 Å². The van der Waals surface area contributed by atoms with Crippen LogP contribution in [0.4, 0.5) is 0 Å². The third-order valence-corrected chi connectivity index (χ3v) is 4.33. The van der Waals surface area contributed by atoms with Crippen molar-refractivity contribution in [1.29, 1.82) is 0 Å². The summed E-state index contributed by atoms with van der Waals surface area (Å²) >= 11 is 0. The minimum Gasteiger partial charge on any atom is -0.459 e. The monoisotopic (exact) mass is 318 g/mol. The molecule has 1 aliphatic rings. The van der Waals surface area contributed by atoms with Gasteiger partial charge in [-0.05, 0) is 63.6 Å². The molecule has 1 aliphatic heterocycles. The van der Waals surface area contributed by atoms with E-state index in [1.165, 1.54) is 16.7 Å². The predicted octanol–water partition coefficient (Wildman–Crippen LogP) is 2.76. The lowest BCUT2D eigenvalue weighted by molar-refractivity contribution is -0.156. The Bertz CT molecular complexity index is 563. The summed E-state index contributed by atoms with van der Waals surface area (Å²) in [6.45, 7) is 11.9. The van der Waals surface area contributed by atoms with Crippen LogP contribution in [0.5, 0.6) is 0 Å². The van der Waals surface area contributed by atoms with Crippen LogP contribution < -0.4 is 5.73 Å². The van der Waals surface area contributed by atoms with Crippen molar-refractivity contribution in [2.45, 2.75) is 58.6 Å². The fourth-order valence-electron chi connectivity index (χ4n) is 3.18. The summed E-state index contributed by atoms with van der Waals surface area (Å²) in [5.41, 5.74) is 9.72. The van der Waals surface area contributed by atoms with Gasteiger partial charge in [0.1, 0.15) is 5.60 Å². The Morgan fingerprint density at radius 2 is 1.96 bits per heavy atom. The highest BCUT2D eigenvalue weighted by atomic mass is 16.6. The molecule has 0 spiro atoms. The molecule has 4 nitrogen and oxygen atoms in total. The minimum atomic E-state index is -0.442. The highest BCUT2D eigenvalue weighted by molar-refractivity contribution is 5.72. The zero-order chi connectivity index (χ0) is 17.2. The van der Waals surface area contributed by atoms with E-state index in [1.807, 2.05) is 20.8 Å². The van der Waals surface area contributed by atoms with Crippen molar-refractivity contribution in [3.8, 4) is 0 Å². The van der Waals surface area contributed by atoms with Crippen LogP contribution in [0.1, 0.15) is 49.8 Å². The number of nitrogens with two attached hydrogens (primary N) is 1. The SMILES string of the molecule is Cc1ccc(C2CC(N)CN(CC(=O)OC(C)(C)C)C2)cc1C. The van der Waals surface area contributed by atoms with Crippen molar-refractivity contribution < 1.29 is 9.53 Å². The molecule has 1 heterocycles. The first kappa shape index (κ1) is 18.0. The second-order valence-corrected chi connectivity index (χ2v) is 7.82. The second-order valence-electron chi connectivity index (χ2n) is 7.82. The molecule has 2 atom stereocenters. The molecule has 1 aromatic carbocycles. The van der Waals surface area contributed by atoms with Crippen LogP contribution in [0.3, 0.4) is 0 Å². The van der Waals surface area contributed by atoms with Gasteiger partial charge >= 0.3 is 5.97 Å². The first-order chi connectivity index (χ1) is 10.6. The lowest BCUT2D eigenvalue weighted by Crippen LogP contribution is -2.48. The van der Waals surface area contributed by atoms with E-state index in [9.17, 15) is 4.79 Å². The van der Waals surface area contributed by atoms with E-state index in [0.29, 0.717) is 12.5 Å². The molecule has 2 unspecified atom stereocenters. The molecule has 1 fully saturated rings.